The van der Waals surface area contributed by atoms with Crippen molar-refractivity contribution in [2.75, 3.05) is 7.05 Å². The van der Waals surface area contributed by atoms with E-state index in [0.717, 1.165) is 35.7 Å². The van der Waals surface area contributed by atoms with Gasteiger partial charge in [-0.05, 0) is 19.4 Å². The van der Waals surface area contributed by atoms with Crippen molar-refractivity contribution in [3.63, 3.8) is 0 Å². The van der Waals surface area contributed by atoms with E-state index in [4.69, 9.17) is 16.1 Å². The maximum Gasteiger partial charge on any atom is 0.150 e. The molecule has 0 saturated heterocycles. The predicted molar refractivity (Wildman–Crippen MR) is 83.4 cm³/mol. The zero-order valence-electron chi connectivity index (χ0n) is 13.4. The summed E-state index contributed by atoms with van der Waals surface area (Å²) in [5.74, 6) is 1.26. The summed E-state index contributed by atoms with van der Waals surface area (Å²) < 4.78 is 7.11. The monoisotopic (exact) mass is 310 g/mol. The van der Waals surface area contributed by atoms with E-state index < -0.39 is 0 Å². The minimum absolute atomic E-state index is 0.382. The molecule has 0 spiro atoms. The number of nitrogens with zero attached hydrogens (tertiary/aromatic N) is 4. The molecule has 0 aliphatic rings. The predicted octanol–water partition coefficient (Wildman–Crippen LogP) is 3.38. The summed E-state index contributed by atoms with van der Waals surface area (Å²) in [7, 11) is 3.91. The van der Waals surface area contributed by atoms with Crippen molar-refractivity contribution in [2.24, 2.45) is 7.05 Å². The van der Waals surface area contributed by atoms with Crippen LogP contribution in [0.15, 0.2) is 10.6 Å². The molecule has 2 aromatic rings. The van der Waals surface area contributed by atoms with Gasteiger partial charge in [-0.3, -0.25) is 9.58 Å². The molecule has 2 rings (SSSR count). The molecule has 0 atom stereocenters. The van der Waals surface area contributed by atoms with Crippen LogP contribution in [0.5, 0.6) is 0 Å². The molecule has 6 heteroatoms. The van der Waals surface area contributed by atoms with E-state index >= 15 is 0 Å². The molecule has 0 aliphatic heterocycles. The Bertz CT molecular complexity index is 603. The third kappa shape index (κ3) is 3.66. The van der Waals surface area contributed by atoms with E-state index in [1.54, 1.807) is 4.68 Å². The Hall–Kier alpha value is -1.33. The first kappa shape index (κ1) is 16.0. The van der Waals surface area contributed by atoms with E-state index in [-0.39, 0.29) is 0 Å². The van der Waals surface area contributed by atoms with Crippen LogP contribution < -0.4 is 0 Å². The van der Waals surface area contributed by atoms with E-state index in [0.29, 0.717) is 17.6 Å². The van der Waals surface area contributed by atoms with Crippen molar-refractivity contribution in [1.29, 1.82) is 0 Å². The second-order valence-electron chi connectivity index (χ2n) is 5.74. The summed E-state index contributed by atoms with van der Waals surface area (Å²) in [6.07, 6.45) is 0.879. The fourth-order valence-corrected chi connectivity index (χ4v) is 2.51. The molecule has 0 bridgehead atoms. The molecule has 0 radical (unpaired) electrons. The highest BCUT2D eigenvalue weighted by atomic mass is 35.5. The lowest BCUT2D eigenvalue weighted by atomic mass is 10.1. The Labute approximate surface area is 130 Å². The Morgan fingerprint density at radius 3 is 2.67 bits per heavy atom. The average molecular weight is 311 g/mol. The fraction of sp³-hybridized carbons (Fsp3) is 0.600. The van der Waals surface area contributed by atoms with Gasteiger partial charge in [0.25, 0.3) is 0 Å². The summed E-state index contributed by atoms with van der Waals surface area (Å²) in [6, 6.07) is 2.02. The van der Waals surface area contributed by atoms with Crippen molar-refractivity contribution in [3.05, 3.63) is 33.9 Å². The SMILES string of the molecule is CCc1nn(C)c(Cl)c1CN(C)Cc1cc(C(C)C)no1. The van der Waals surface area contributed by atoms with Gasteiger partial charge in [-0.15, -0.1) is 0 Å². The van der Waals surface area contributed by atoms with Crippen LogP contribution in [0.1, 0.15) is 49.4 Å². The van der Waals surface area contributed by atoms with Gasteiger partial charge < -0.3 is 4.52 Å². The molecule has 0 unspecified atom stereocenters. The van der Waals surface area contributed by atoms with Crippen molar-refractivity contribution in [3.8, 4) is 0 Å². The summed E-state index contributed by atoms with van der Waals surface area (Å²) in [4.78, 5) is 2.16. The molecule has 2 heterocycles. The Kier molecular flexibility index (Phi) is 5.06. The molecular weight excluding hydrogens is 288 g/mol. The minimum Gasteiger partial charge on any atom is -0.360 e. The molecule has 0 N–H and O–H groups in total. The summed E-state index contributed by atoms with van der Waals surface area (Å²) >= 11 is 6.32. The van der Waals surface area contributed by atoms with Crippen molar-refractivity contribution in [1.82, 2.24) is 19.8 Å². The van der Waals surface area contributed by atoms with Gasteiger partial charge in [-0.25, -0.2) is 0 Å². The van der Waals surface area contributed by atoms with Crippen molar-refractivity contribution in [2.45, 2.75) is 46.2 Å². The zero-order chi connectivity index (χ0) is 15.6. The molecule has 5 nitrogen and oxygen atoms in total. The Balaban J connectivity index is 2.06. The number of hydrogen-bond acceptors (Lipinski definition) is 4. The lowest BCUT2D eigenvalue weighted by Crippen LogP contribution is -2.17. The number of rotatable bonds is 6. The summed E-state index contributed by atoms with van der Waals surface area (Å²) in [5, 5.41) is 9.23. The summed E-state index contributed by atoms with van der Waals surface area (Å²) in [6.45, 7) is 7.75. The number of aromatic nitrogens is 3. The van der Waals surface area contributed by atoms with Gasteiger partial charge in [-0.1, -0.05) is 37.5 Å². The van der Waals surface area contributed by atoms with Crippen LogP contribution >= 0.6 is 11.6 Å². The van der Waals surface area contributed by atoms with E-state index in [2.05, 4.69) is 35.9 Å². The van der Waals surface area contributed by atoms with Crippen LogP contribution in [-0.2, 0) is 26.6 Å². The lowest BCUT2D eigenvalue weighted by molar-refractivity contribution is 0.265. The van der Waals surface area contributed by atoms with Crippen LogP contribution in [0.3, 0.4) is 0 Å². The van der Waals surface area contributed by atoms with Crippen molar-refractivity contribution < 1.29 is 4.52 Å². The highest BCUT2D eigenvalue weighted by molar-refractivity contribution is 6.30. The first-order valence-corrected chi connectivity index (χ1v) is 7.64. The standard InChI is InChI=1S/C15H23ClN4O/c1-6-13-12(15(16)20(5)17-13)9-19(4)8-11-7-14(10(2)3)18-21-11/h7,10H,6,8-9H2,1-5H3. The summed E-state index contributed by atoms with van der Waals surface area (Å²) in [5.41, 5.74) is 3.13. The quantitative estimate of drug-likeness (QED) is 0.820. The molecule has 0 aromatic carbocycles. The third-order valence-electron chi connectivity index (χ3n) is 3.51. The number of hydrogen-bond donors (Lipinski definition) is 0. The van der Waals surface area contributed by atoms with E-state index in [1.165, 1.54) is 0 Å². The molecule has 2 aromatic heterocycles. The second kappa shape index (κ2) is 6.62. The average Bonchev–Trinajstić information content (AvgIpc) is 2.99. The topological polar surface area (TPSA) is 47.1 Å². The molecule has 0 fully saturated rings. The smallest absolute Gasteiger partial charge is 0.150 e. The molecule has 21 heavy (non-hydrogen) atoms. The minimum atomic E-state index is 0.382. The maximum atomic E-state index is 6.32. The largest absolute Gasteiger partial charge is 0.360 e. The van der Waals surface area contributed by atoms with Gasteiger partial charge in [0, 0.05) is 25.2 Å². The first-order chi connectivity index (χ1) is 9.92. The molecule has 0 aliphatic carbocycles. The molecule has 0 amide bonds. The van der Waals surface area contributed by atoms with Crippen LogP contribution in [0, 0.1) is 0 Å². The van der Waals surface area contributed by atoms with Gasteiger partial charge in [0.2, 0.25) is 0 Å². The van der Waals surface area contributed by atoms with Crippen LogP contribution in [0.2, 0.25) is 5.15 Å². The number of halogens is 1. The molecule has 116 valence electrons. The van der Waals surface area contributed by atoms with Gasteiger partial charge in [0.15, 0.2) is 5.76 Å². The molecule has 0 saturated carbocycles. The van der Waals surface area contributed by atoms with Gasteiger partial charge in [0.1, 0.15) is 5.15 Å². The lowest BCUT2D eigenvalue weighted by Gasteiger charge is -2.14. The van der Waals surface area contributed by atoms with E-state index in [1.807, 2.05) is 20.2 Å². The Morgan fingerprint density at radius 2 is 2.10 bits per heavy atom. The maximum absolute atomic E-state index is 6.32. The molecular formula is C15H23ClN4O. The van der Waals surface area contributed by atoms with Crippen LogP contribution in [0.4, 0.5) is 0 Å². The van der Waals surface area contributed by atoms with E-state index in [9.17, 15) is 0 Å². The highest BCUT2D eigenvalue weighted by Gasteiger charge is 2.16. The highest BCUT2D eigenvalue weighted by Crippen LogP contribution is 2.22. The van der Waals surface area contributed by atoms with Gasteiger partial charge in [-0.2, -0.15) is 5.10 Å². The third-order valence-corrected chi connectivity index (χ3v) is 3.98. The van der Waals surface area contributed by atoms with Crippen LogP contribution in [-0.4, -0.2) is 26.9 Å². The normalized spacial score (nSPS) is 11.8. The Morgan fingerprint density at radius 1 is 1.38 bits per heavy atom. The number of aryl methyl sites for hydroxylation is 2. The van der Waals surface area contributed by atoms with Crippen molar-refractivity contribution >= 4 is 11.6 Å². The first-order valence-electron chi connectivity index (χ1n) is 7.26. The van der Waals surface area contributed by atoms with Gasteiger partial charge >= 0.3 is 0 Å². The van der Waals surface area contributed by atoms with Gasteiger partial charge in [0.05, 0.1) is 17.9 Å². The fourth-order valence-electron chi connectivity index (χ4n) is 2.31. The second-order valence-corrected chi connectivity index (χ2v) is 6.10. The van der Waals surface area contributed by atoms with Crippen LogP contribution in [0.25, 0.3) is 0 Å². The zero-order valence-corrected chi connectivity index (χ0v) is 14.1.